The number of hydrogen-bond acceptors (Lipinski definition) is 5. The molecular weight excluding hydrogens is 340 g/mol. The Morgan fingerprint density at radius 3 is 2.89 bits per heavy atom. The number of aromatic nitrogens is 5. The molecule has 1 saturated carbocycles. The summed E-state index contributed by atoms with van der Waals surface area (Å²) in [6, 6.07) is 3.73. The van der Waals surface area contributed by atoms with Crippen LogP contribution in [0.15, 0.2) is 30.7 Å². The maximum absolute atomic E-state index is 12.5. The Hall–Kier alpha value is -3.09. The third-order valence-corrected chi connectivity index (χ3v) is 5.20. The van der Waals surface area contributed by atoms with Crippen molar-refractivity contribution < 1.29 is 4.79 Å². The molecular formula is C20H20N6O. The van der Waals surface area contributed by atoms with Gasteiger partial charge in [-0.2, -0.15) is 5.10 Å². The lowest BCUT2D eigenvalue weighted by atomic mass is 10.1. The van der Waals surface area contributed by atoms with Gasteiger partial charge in [0.2, 0.25) is 0 Å². The Balaban J connectivity index is 1.30. The van der Waals surface area contributed by atoms with Gasteiger partial charge >= 0.3 is 0 Å². The Bertz CT molecular complexity index is 990. The highest BCUT2D eigenvalue weighted by atomic mass is 16.1. The van der Waals surface area contributed by atoms with Crippen LogP contribution in [-0.2, 0) is 19.4 Å². The molecule has 5 rings (SSSR count). The van der Waals surface area contributed by atoms with Crippen LogP contribution in [0, 0.1) is 0 Å². The number of aromatic amines is 1. The predicted octanol–water partition coefficient (Wildman–Crippen LogP) is 2.56. The van der Waals surface area contributed by atoms with Crippen molar-refractivity contribution >= 4 is 5.91 Å². The van der Waals surface area contributed by atoms with Crippen molar-refractivity contribution in [2.45, 2.75) is 44.6 Å². The first-order valence-electron chi connectivity index (χ1n) is 9.39. The zero-order valence-electron chi connectivity index (χ0n) is 14.9. The number of aryl methyl sites for hydroxylation is 2. The van der Waals surface area contributed by atoms with Gasteiger partial charge in [0.1, 0.15) is 5.69 Å². The minimum atomic E-state index is -0.194. The van der Waals surface area contributed by atoms with Crippen molar-refractivity contribution in [1.82, 2.24) is 30.5 Å². The van der Waals surface area contributed by atoms with Crippen LogP contribution in [0.5, 0.6) is 0 Å². The molecule has 27 heavy (non-hydrogen) atoms. The maximum atomic E-state index is 12.5. The number of nitrogens with zero attached hydrogens (tertiary/aromatic N) is 4. The second-order valence-electron chi connectivity index (χ2n) is 7.20. The van der Waals surface area contributed by atoms with Gasteiger partial charge in [-0.3, -0.25) is 19.9 Å². The summed E-state index contributed by atoms with van der Waals surface area (Å²) in [5, 5.41) is 10.1. The summed E-state index contributed by atoms with van der Waals surface area (Å²) in [5.74, 6) is 0.389. The van der Waals surface area contributed by atoms with Crippen molar-refractivity contribution in [2.24, 2.45) is 0 Å². The van der Waals surface area contributed by atoms with E-state index in [1.165, 1.54) is 18.4 Å². The average molecular weight is 360 g/mol. The predicted molar refractivity (Wildman–Crippen MR) is 99.0 cm³/mol. The molecule has 0 unspecified atom stereocenters. The van der Waals surface area contributed by atoms with Gasteiger partial charge in [-0.05, 0) is 49.8 Å². The monoisotopic (exact) mass is 360 g/mol. The average Bonchev–Trinajstić information content (AvgIpc) is 3.48. The number of nitrogens with one attached hydrogen (secondary N) is 2. The molecule has 3 aromatic rings. The highest BCUT2D eigenvalue weighted by Gasteiger charge is 2.25. The fourth-order valence-electron chi connectivity index (χ4n) is 3.53. The van der Waals surface area contributed by atoms with Crippen molar-refractivity contribution in [3.63, 3.8) is 0 Å². The van der Waals surface area contributed by atoms with Crippen molar-refractivity contribution in [3.8, 4) is 11.3 Å². The number of fused-ring (bicyclic) bond motifs is 3. The SMILES string of the molecule is O=C(NCc1cnc(C2CC2)cn1)c1ccc2c(n1)CCCc1cn[nH]c1-2. The van der Waals surface area contributed by atoms with E-state index in [4.69, 9.17) is 0 Å². The van der Waals surface area contributed by atoms with E-state index < -0.39 is 0 Å². The van der Waals surface area contributed by atoms with Gasteiger partial charge in [-0.15, -0.1) is 0 Å². The second-order valence-corrected chi connectivity index (χ2v) is 7.20. The molecule has 136 valence electrons. The van der Waals surface area contributed by atoms with Crippen LogP contribution in [0.2, 0.25) is 0 Å². The minimum Gasteiger partial charge on any atom is -0.345 e. The number of rotatable bonds is 4. The second kappa shape index (κ2) is 6.57. The zero-order chi connectivity index (χ0) is 18.2. The molecule has 1 fully saturated rings. The van der Waals surface area contributed by atoms with Gasteiger partial charge in [-0.1, -0.05) is 0 Å². The van der Waals surface area contributed by atoms with Gasteiger partial charge < -0.3 is 5.32 Å². The number of carbonyl (C=O) groups excluding carboxylic acids is 1. The smallest absolute Gasteiger partial charge is 0.270 e. The number of pyridine rings is 1. The largest absolute Gasteiger partial charge is 0.345 e. The van der Waals surface area contributed by atoms with Gasteiger partial charge in [0, 0.05) is 17.7 Å². The van der Waals surface area contributed by atoms with E-state index in [1.807, 2.05) is 18.5 Å². The number of carbonyl (C=O) groups is 1. The fourth-order valence-corrected chi connectivity index (χ4v) is 3.53. The van der Waals surface area contributed by atoms with Crippen molar-refractivity contribution in [2.75, 3.05) is 0 Å². The fraction of sp³-hybridized carbons (Fsp3) is 0.350. The summed E-state index contributed by atoms with van der Waals surface area (Å²) in [6.07, 6.45) is 10.7. The molecule has 2 aliphatic rings. The van der Waals surface area contributed by atoms with Crippen LogP contribution < -0.4 is 5.32 Å². The van der Waals surface area contributed by atoms with E-state index in [9.17, 15) is 4.79 Å². The Morgan fingerprint density at radius 1 is 1.15 bits per heavy atom. The van der Waals surface area contributed by atoms with Crippen LogP contribution in [0.1, 0.15) is 58.3 Å². The lowest BCUT2D eigenvalue weighted by Crippen LogP contribution is -2.24. The normalized spacial score (nSPS) is 15.6. The quantitative estimate of drug-likeness (QED) is 0.745. The summed E-state index contributed by atoms with van der Waals surface area (Å²) in [6.45, 7) is 0.347. The molecule has 7 heteroatoms. The van der Waals surface area contributed by atoms with Crippen LogP contribution in [0.3, 0.4) is 0 Å². The van der Waals surface area contributed by atoms with E-state index in [-0.39, 0.29) is 5.91 Å². The maximum Gasteiger partial charge on any atom is 0.270 e. The standard InChI is InChI=1S/C20H20N6O/c27-20(23-10-14-9-22-18(11-21-14)12-4-5-12)17-7-6-15-16(25-17)3-1-2-13-8-24-26-19(13)15/h6-9,11-12H,1-5,10H2,(H,23,27)(H,24,26). The molecule has 7 nitrogen and oxygen atoms in total. The van der Waals surface area contributed by atoms with E-state index in [1.54, 1.807) is 12.3 Å². The van der Waals surface area contributed by atoms with Crippen LogP contribution in [0.25, 0.3) is 11.3 Å². The molecule has 0 spiro atoms. The van der Waals surface area contributed by atoms with Crippen LogP contribution in [0.4, 0.5) is 0 Å². The highest BCUT2D eigenvalue weighted by molar-refractivity contribution is 5.92. The first kappa shape index (κ1) is 16.1. The Kier molecular flexibility index (Phi) is 3.92. The summed E-state index contributed by atoms with van der Waals surface area (Å²) in [7, 11) is 0. The zero-order valence-corrected chi connectivity index (χ0v) is 14.9. The van der Waals surface area contributed by atoms with Crippen LogP contribution >= 0.6 is 0 Å². The lowest BCUT2D eigenvalue weighted by molar-refractivity contribution is 0.0945. The van der Waals surface area contributed by atoms with E-state index in [0.717, 1.165) is 47.6 Å². The molecule has 0 saturated heterocycles. The Labute approximate surface area is 156 Å². The first-order chi connectivity index (χ1) is 13.3. The number of H-pyrrole nitrogens is 1. The third-order valence-electron chi connectivity index (χ3n) is 5.20. The summed E-state index contributed by atoms with van der Waals surface area (Å²) >= 11 is 0. The molecule has 1 amide bonds. The summed E-state index contributed by atoms with van der Waals surface area (Å²) in [4.78, 5) is 26.0. The molecule has 0 bridgehead atoms. The van der Waals surface area contributed by atoms with Gasteiger partial charge in [0.15, 0.2) is 0 Å². The Morgan fingerprint density at radius 2 is 2.07 bits per heavy atom. The molecule has 2 aliphatic carbocycles. The summed E-state index contributed by atoms with van der Waals surface area (Å²) in [5.41, 5.74) is 6.45. The van der Waals surface area contributed by atoms with E-state index in [0.29, 0.717) is 18.2 Å². The third kappa shape index (κ3) is 3.20. The van der Waals surface area contributed by atoms with Crippen molar-refractivity contribution in [1.29, 1.82) is 0 Å². The summed E-state index contributed by atoms with van der Waals surface area (Å²) < 4.78 is 0. The molecule has 3 heterocycles. The molecule has 2 N–H and O–H groups in total. The molecule has 0 aromatic carbocycles. The molecule has 0 atom stereocenters. The topological polar surface area (TPSA) is 96.5 Å². The molecule has 0 radical (unpaired) electrons. The van der Waals surface area contributed by atoms with Crippen molar-refractivity contribution in [3.05, 3.63) is 59.1 Å². The van der Waals surface area contributed by atoms with E-state index >= 15 is 0 Å². The van der Waals surface area contributed by atoms with Gasteiger partial charge in [0.25, 0.3) is 5.91 Å². The molecule has 3 aromatic heterocycles. The highest BCUT2D eigenvalue weighted by Crippen LogP contribution is 2.38. The molecule has 0 aliphatic heterocycles. The van der Waals surface area contributed by atoms with Gasteiger partial charge in [0.05, 0.1) is 41.7 Å². The van der Waals surface area contributed by atoms with E-state index in [2.05, 4.69) is 30.5 Å². The number of hydrogen-bond donors (Lipinski definition) is 2. The number of amides is 1. The van der Waals surface area contributed by atoms with Crippen LogP contribution in [-0.4, -0.2) is 31.1 Å². The minimum absolute atomic E-state index is 0.194. The van der Waals surface area contributed by atoms with Gasteiger partial charge in [-0.25, -0.2) is 4.98 Å². The lowest BCUT2D eigenvalue weighted by Gasteiger charge is -2.09. The first-order valence-corrected chi connectivity index (χ1v) is 9.39.